The molecule has 0 aliphatic heterocycles. The molecule has 6 heteroatoms. The number of methoxy groups -OCH3 is 1. The van der Waals surface area contributed by atoms with Crippen LogP contribution in [0.5, 0.6) is 11.5 Å². The Bertz CT molecular complexity index is 676. The van der Waals surface area contributed by atoms with E-state index in [1.54, 1.807) is 12.1 Å². The molecule has 90 valence electrons. The highest BCUT2D eigenvalue weighted by atomic mass is 32.2. The third kappa shape index (κ3) is 2.04. The second-order valence-electron chi connectivity index (χ2n) is 3.48. The van der Waals surface area contributed by atoms with Crippen molar-refractivity contribution in [2.45, 2.75) is 4.90 Å². The normalized spacial score (nSPS) is 11.6. The van der Waals surface area contributed by atoms with Gasteiger partial charge in [-0.1, -0.05) is 12.1 Å². The van der Waals surface area contributed by atoms with E-state index in [2.05, 4.69) is 0 Å². The molecule has 2 N–H and O–H groups in total. The topological polar surface area (TPSA) is 83.8 Å². The molecule has 0 radical (unpaired) electrons. The Kier molecular flexibility index (Phi) is 2.68. The Morgan fingerprint density at radius 2 is 1.82 bits per heavy atom. The maximum Gasteiger partial charge on any atom is 0.298 e. The molecule has 0 aliphatic carbocycles. The average Bonchev–Trinajstić information content (AvgIpc) is 2.25. The Labute approximate surface area is 98.0 Å². The summed E-state index contributed by atoms with van der Waals surface area (Å²) in [6, 6.07) is 7.34. The summed E-state index contributed by atoms with van der Waals surface area (Å²) >= 11 is 0. The van der Waals surface area contributed by atoms with Crippen molar-refractivity contribution in [2.24, 2.45) is 0 Å². The molecule has 2 rings (SSSR count). The van der Waals surface area contributed by atoms with E-state index in [1.807, 2.05) is 0 Å². The van der Waals surface area contributed by atoms with Gasteiger partial charge in [-0.3, -0.25) is 4.55 Å². The molecule has 2 aromatic carbocycles. The van der Waals surface area contributed by atoms with Crippen molar-refractivity contribution in [1.29, 1.82) is 0 Å². The average molecular weight is 254 g/mol. The van der Waals surface area contributed by atoms with Gasteiger partial charge in [0.25, 0.3) is 10.1 Å². The quantitative estimate of drug-likeness (QED) is 0.798. The minimum atomic E-state index is -4.43. The first-order valence-electron chi connectivity index (χ1n) is 4.70. The van der Waals surface area contributed by atoms with Crippen molar-refractivity contribution >= 4 is 20.9 Å². The first kappa shape index (κ1) is 11.7. The molecule has 17 heavy (non-hydrogen) atoms. The lowest BCUT2D eigenvalue weighted by atomic mass is 10.1. The number of ether oxygens (including phenoxy) is 1. The molecule has 0 saturated heterocycles. The van der Waals surface area contributed by atoms with Crippen LogP contribution in [0.25, 0.3) is 10.8 Å². The standard InChI is InChI=1S/C11H10O5S/c1-16-10-5-3-7-2-4-8(12)6-9(7)11(10)17(13,14)15/h2-6,12H,1H3,(H,13,14,15). The van der Waals surface area contributed by atoms with Gasteiger partial charge in [-0.2, -0.15) is 8.42 Å². The van der Waals surface area contributed by atoms with Gasteiger partial charge >= 0.3 is 0 Å². The van der Waals surface area contributed by atoms with Crippen molar-refractivity contribution in [3.05, 3.63) is 30.3 Å². The number of fused-ring (bicyclic) bond motifs is 1. The zero-order valence-corrected chi connectivity index (χ0v) is 9.73. The van der Waals surface area contributed by atoms with Crippen LogP contribution in [-0.4, -0.2) is 25.2 Å². The summed E-state index contributed by atoms with van der Waals surface area (Å²) in [6.07, 6.45) is 0. The summed E-state index contributed by atoms with van der Waals surface area (Å²) in [7, 11) is -3.12. The predicted octanol–water partition coefficient (Wildman–Crippen LogP) is 1.80. The predicted molar refractivity (Wildman–Crippen MR) is 62.0 cm³/mol. The Hall–Kier alpha value is -1.79. The number of hydrogen-bond donors (Lipinski definition) is 2. The van der Waals surface area contributed by atoms with E-state index in [4.69, 9.17) is 4.74 Å². The van der Waals surface area contributed by atoms with Crippen molar-refractivity contribution in [3.8, 4) is 11.5 Å². The third-order valence-electron chi connectivity index (χ3n) is 2.40. The summed E-state index contributed by atoms with van der Waals surface area (Å²) in [6.45, 7) is 0. The molecule has 0 saturated carbocycles. The Balaban J connectivity index is 2.97. The molecule has 0 amide bonds. The van der Waals surface area contributed by atoms with Crippen LogP contribution in [0.3, 0.4) is 0 Å². The number of rotatable bonds is 2. The highest BCUT2D eigenvalue weighted by Crippen LogP contribution is 2.33. The minimum Gasteiger partial charge on any atom is -0.508 e. The van der Waals surface area contributed by atoms with Crippen molar-refractivity contribution in [3.63, 3.8) is 0 Å². The fraction of sp³-hybridized carbons (Fsp3) is 0.0909. The highest BCUT2D eigenvalue weighted by molar-refractivity contribution is 7.86. The molecule has 0 unspecified atom stereocenters. The third-order valence-corrected chi connectivity index (χ3v) is 3.33. The van der Waals surface area contributed by atoms with Crippen LogP contribution < -0.4 is 4.74 Å². The van der Waals surface area contributed by atoms with Gasteiger partial charge in [0.2, 0.25) is 0 Å². The van der Waals surface area contributed by atoms with Crippen LogP contribution in [0.1, 0.15) is 0 Å². The lowest BCUT2D eigenvalue weighted by Gasteiger charge is -2.09. The van der Waals surface area contributed by atoms with E-state index in [9.17, 15) is 18.1 Å². The van der Waals surface area contributed by atoms with Gasteiger partial charge in [0.05, 0.1) is 7.11 Å². The van der Waals surface area contributed by atoms with Crippen molar-refractivity contribution in [2.75, 3.05) is 7.11 Å². The summed E-state index contributed by atoms with van der Waals surface area (Å²) in [4.78, 5) is -0.339. The first-order valence-corrected chi connectivity index (χ1v) is 6.14. The lowest BCUT2D eigenvalue weighted by molar-refractivity contribution is 0.399. The first-order chi connectivity index (χ1) is 7.93. The van der Waals surface area contributed by atoms with Crippen LogP contribution in [-0.2, 0) is 10.1 Å². The summed E-state index contributed by atoms with van der Waals surface area (Å²) < 4.78 is 36.8. The van der Waals surface area contributed by atoms with E-state index in [0.29, 0.717) is 5.39 Å². The van der Waals surface area contributed by atoms with E-state index >= 15 is 0 Å². The lowest BCUT2D eigenvalue weighted by Crippen LogP contribution is -2.02. The van der Waals surface area contributed by atoms with Gasteiger partial charge in [-0.05, 0) is 23.6 Å². The molecule has 0 aromatic heterocycles. The fourth-order valence-corrected chi connectivity index (χ4v) is 2.55. The SMILES string of the molecule is COc1ccc2ccc(O)cc2c1S(=O)(=O)O. The van der Waals surface area contributed by atoms with Crippen LogP contribution in [0.4, 0.5) is 0 Å². The van der Waals surface area contributed by atoms with E-state index in [-0.39, 0.29) is 21.8 Å². The molecule has 0 aliphatic rings. The summed E-state index contributed by atoms with van der Waals surface area (Å²) in [5.41, 5.74) is 0. The Morgan fingerprint density at radius 3 is 2.41 bits per heavy atom. The second kappa shape index (κ2) is 3.90. The molecule has 0 spiro atoms. The van der Waals surface area contributed by atoms with E-state index in [1.165, 1.54) is 25.3 Å². The van der Waals surface area contributed by atoms with Crippen molar-refractivity contribution in [1.82, 2.24) is 0 Å². The van der Waals surface area contributed by atoms with Gasteiger partial charge in [-0.25, -0.2) is 0 Å². The smallest absolute Gasteiger partial charge is 0.298 e. The molecule has 0 atom stereocenters. The van der Waals surface area contributed by atoms with Crippen LogP contribution in [0.15, 0.2) is 35.2 Å². The van der Waals surface area contributed by atoms with Gasteiger partial charge in [0.15, 0.2) is 0 Å². The number of hydrogen-bond acceptors (Lipinski definition) is 4. The molecule has 0 bridgehead atoms. The summed E-state index contributed by atoms with van der Waals surface area (Å²) in [5.74, 6) is -0.0544. The zero-order chi connectivity index (χ0) is 12.6. The summed E-state index contributed by atoms with van der Waals surface area (Å²) in [5, 5.41) is 10.2. The number of aromatic hydroxyl groups is 1. The van der Waals surface area contributed by atoms with Crippen LogP contribution >= 0.6 is 0 Å². The maximum absolute atomic E-state index is 11.3. The largest absolute Gasteiger partial charge is 0.508 e. The Morgan fingerprint density at radius 1 is 1.18 bits per heavy atom. The van der Waals surface area contributed by atoms with Gasteiger partial charge in [0.1, 0.15) is 16.4 Å². The molecule has 2 aromatic rings. The van der Waals surface area contributed by atoms with Gasteiger partial charge < -0.3 is 9.84 Å². The van der Waals surface area contributed by atoms with Crippen molar-refractivity contribution < 1.29 is 22.8 Å². The second-order valence-corrected chi connectivity index (χ2v) is 4.84. The van der Waals surface area contributed by atoms with E-state index in [0.717, 1.165) is 0 Å². The number of benzene rings is 2. The van der Waals surface area contributed by atoms with E-state index < -0.39 is 10.1 Å². The monoisotopic (exact) mass is 254 g/mol. The maximum atomic E-state index is 11.3. The van der Waals surface area contributed by atoms with Crippen LogP contribution in [0, 0.1) is 0 Å². The molecule has 0 fully saturated rings. The molecular formula is C11H10O5S. The van der Waals surface area contributed by atoms with Gasteiger partial charge in [0, 0.05) is 5.39 Å². The molecular weight excluding hydrogens is 244 g/mol. The van der Waals surface area contributed by atoms with Crippen LogP contribution in [0.2, 0.25) is 0 Å². The van der Waals surface area contributed by atoms with Gasteiger partial charge in [-0.15, -0.1) is 0 Å². The fourth-order valence-electron chi connectivity index (χ4n) is 1.69. The zero-order valence-electron chi connectivity index (χ0n) is 8.91. The molecule has 0 heterocycles. The number of phenolic OH excluding ortho intramolecular Hbond substituents is 1. The minimum absolute atomic E-state index is 0.0330. The number of phenols is 1. The molecule has 5 nitrogen and oxygen atoms in total. The highest BCUT2D eigenvalue weighted by Gasteiger charge is 2.20.